The van der Waals surface area contributed by atoms with Crippen molar-refractivity contribution >= 4 is 23.3 Å². The molecule has 0 radical (unpaired) electrons. The Labute approximate surface area is 128 Å². The van der Waals surface area contributed by atoms with Crippen molar-refractivity contribution in [2.24, 2.45) is 0 Å². The fourth-order valence-corrected chi connectivity index (χ4v) is 2.73. The van der Waals surface area contributed by atoms with Gasteiger partial charge in [0, 0.05) is 18.5 Å². The molecule has 1 aromatic rings. The van der Waals surface area contributed by atoms with Crippen LogP contribution in [0.1, 0.15) is 30.7 Å². The summed E-state index contributed by atoms with van der Waals surface area (Å²) in [6, 6.07) is 3.46. The number of aliphatic carboxylic acids is 1. The summed E-state index contributed by atoms with van der Waals surface area (Å²) in [6.45, 7) is 2.27. The van der Waals surface area contributed by atoms with E-state index in [-0.39, 0.29) is 25.2 Å². The summed E-state index contributed by atoms with van der Waals surface area (Å²) in [7, 11) is 1.52. The van der Waals surface area contributed by atoms with E-state index in [1.54, 1.807) is 11.3 Å². The van der Waals surface area contributed by atoms with Gasteiger partial charge in [0.05, 0.1) is 12.6 Å². The van der Waals surface area contributed by atoms with Crippen LogP contribution < -0.4 is 5.32 Å². The third-order valence-corrected chi connectivity index (χ3v) is 3.93. The molecule has 0 aliphatic rings. The van der Waals surface area contributed by atoms with Gasteiger partial charge in [-0.3, -0.25) is 4.79 Å². The van der Waals surface area contributed by atoms with E-state index in [0.717, 1.165) is 17.7 Å². The van der Waals surface area contributed by atoms with Crippen molar-refractivity contribution in [2.75, 3.05) is 26.8 Å². The van der Waals surface area contributed by atoms with Gasteiger partial charge in [-0.25, -0.2) is 4.79 Å². The van der Waals surface area contributed by atoms with Gasteiger partial charge in [0.2, 0.25) is 0 Å². The highest BCUT2D eigenvalue weighted by atomic mass is 32.1. The SMILES string of the molecule is CCCC(NC(=O)N(CCOC)CC(=O)O)c1cccs1. The van der Waals surface area contributed by atoms with E-state index in [1.165, 1.54) is 12.0 Å². The summed E-state index contributed by atoms with van der Waals surface area (Å²) >= 11 is 1.58. The topological polar surface area (TPSA) is 78.9 Å². The zero-order valence-electron chi connectivity index (χ0n) is 12.4. The lowest BCUT2D eigenvalue weighted by Gasteiger charge is -2.24. The summed E-state index contributed by atoms with van der Waals surface area (Å²) in [5.74, 6) is -1.04. The van der Waals surface area contributed by atoms with Gasteiger partial charge in [-0.05, 0) is 17.9 Å². The monoisotopic (exact) mass is 314 g/mol. The van der Waals surface area contributed by atoms with Gasteiger partial charge in [-0.15, -0.1) is 11.3 Å². The van der Waals surface area contributed by atoms with Crippen molar-refractivity contribution in [1.29, 1.82) is 0 Å². The summed E-state index contributed by atoms with van der Waals surface area (Å²) in [5.41, 5.74) is 0. The zero-order valence-corrected chi connectivity index (χ0v) is 13.2. The maximum Gasteiger partial charge on any atom is 0.323 e. The molecule has 1 unspecified atom stereocenters. The maximum absolute atomic E-state index is 12.3. The number of hydrogen-bond acceptors (Lipinski definition) is 4. The zero-order chi connectivity index (χ0) is 15.7. The second-order valence-electron chi connectivity index (χ2n) is 4.61. The number of carbonyl (C=O) groups is 2. The molecule has 2 N–H and O–H groups in total. The smallest absolute Gasteiger partial charge is 0.323 e. The van der Waals surface area contributed by atoms with Gasteiger partial charge in [-0.1, -0.05) is 19.4 Å². The van der Waals surface area contributed by atoms with E-state index in [4.69, 9.17) is 9.84 Å². The predicted octanol–water partition coefficient (Wildman–Crippen LogP) is 2.33. The molecule has 1 aromatic heterocycles. The van der Waals surface area contributed by atoms with Gasteiger partial charge in [-0.2, -0.15) is 0 Å². The molecule has 1 heterocycles. The van der Waals surface area contributed by atoms with Crippen LogP contribution in [-0.2, 0) is 9.53 Å². The summed E-state index contributed by atoms with van der Waals surface area (Å²) in [5, 5.41) is 13.8. The number of thiophene rings is 1. The summed E-state index contributed by atoms with van der Waals surface area (Å²) < 4.78 is 4.92. The lowest BCUT2D eigenvalue weighted by atomic mass is 10.1. The number of methoxy groups -OCH3 is 1. The molecule has 0 aromatic carbocycles. The number of amides is 2. The third kappa shape index (κ3) is 6.14. The first kappa shape index (κ1) is 17.5. The molecule has 0 fully saturated rings. The Bertz CT molecular complexity index is 436. The van der Waals surface area contributed by atoms with Crippen LogP contribution in [-0.4, -0.2) is 48.8 Å². The minimum Gasteiger partial charge on any atom is -0.480 e. The van der Waals surface area contributed by atoms with E-state index >= 15 is 0 Å². The number of rotatable bonds is 9. The number of carboxylic acid groups (broad SMARTS) is 1. The molecule has 2 amide bonds. The molecular weight excluding hydrogens is 292 g/mol. The van der Waals surface area contributed by atoms with Gasteiger partial charge in [0.25, 0.3) is 0 Å². The number of carbonyl (C=O) groups excluding carboxylic acids is 1. The van der Waals surface area contributed by atoms with E-state index in [1.807, 2.05) is 24.4 Å². The molecule has 0 saturated carbocycles. The quantitative estimate of drug-likeness (QED) is 0.733. The largest absolute Gasteiger partial charge is 0.480 e. The molecule has 21 heavy (non-hydrogen) atoms. The normalized spacial score (nSPS) is 11.9. The highest BCUT2D eigenvalue weighted by molar-refractivity contribution is 7.10. The third-order valence-electron chi connectivity index (χ3n) is 2.94. The average molecular weight is 314 g/mol. The predicted molar refractivity (Wildman–Crippen MR) is 81.6 cm³/mol. The van der Waals surface area contributed by atoms with Crippen LogP contribution in [0.4, 0.5) is 4.79 Å². The lowest BCUT2D eigenvalue weighted by molar-refractivity contribution is -0.137. The molecule has 0 aliphatic carbocycles. The number of hydrogen-bond donors (Lipinski definition) is 2. The van der Waals surface area contributed by atoms with Crippen LogP contribution in [0.5, 0.6) is 0 Å². The molecule has 0 saturated heterocycles. The molecule has 1 atom stereocenters. The number of nitrogens with one attached hydrogen (secondary N) is 1. The van der Waals surface area contributed by atoms with Crippen LogP contribution in [0, 0.1) is 0 Å². The van der Waals surface area contributed by atoms with Gasteiger partial charge >= 0.3 is 12.0 Å². The van der Waals surface area contributed by atoms with Gasteiger partial charge in [0.1, 0.15) is 6.54 Å². The summed E-state index contributed by atoms with van der Waals surface area (Å²) in [6.07, 6.45) is 1.75. The number of nitrogens with zero attached hydrogens (tertiary/aromatic N) is 1. The van der Waals surface area contributed by atoms with Crippen LogP contribution in [0.2, 0.25) is 0 Å². The van der Waals surface area contributed by atoms with Crippen LogP contribution in [0.15, 0.2) is 17.5 Å². The van der Waals surface area contributed by atoms with Crippen molar-refractivity contribution < 1.29 is 19.4 Å². The molecule has 0 aliphatic heterocycles. The minimum absolute atomic E-state index is 0.0821. The first-order valence-electron chi connectivity index (χ1n) is 6.88. The molecule has 7 heteroatoms. The minimum atomic E-state index is -1.04. The Kier molecular flexibility index (Phi) is 7.78. The van der Waals surface area contributed by atoms with Gasteiger partial charge < -0.3 is 20.1 Å². The number of carboxylic acids is 1. The fraction of sp³-hybridized carbons (Fsp3) is 0.571. The molecule has 118 valence electrons. The van der Waals surface area contributed by atoms with Crippen molar-refractivity contribution in [1.82, 2.24) is 10.2 Å². The number of urea groups is 1. The highest BCUT2D eigenvalue weighted by Crippen LogP contribution is 2.23. The molecule has 0 bridgehead atoms. The molecular formula is C14H22N2O4S. The van der Waals surface area contributed by atoms with Crippen molar-refractivity contribution in [3.05, 3.63) is 22.4 Å². The Morgan fingerprint density at radius 3 is 2.81 bits per heavy atom. The van der Waals surface area contributed by atoms with Crippen molar-refractivity contribution in [2.45, 2.75) is 25.8 Å². The Morgan fingerprint density at radius 1 is 1.52 bits per heavy atom. The second-order valence-corrected chi connectivity index (χ2v) is 5.59. The van der Waals surface area contributed by atoms with Crippen LogP contribution in [0.25, 0.3) is 0 Å². The molecule has 1 rings (SSSR count). The van der Waals surface area contributed by atoms with Crippen molar-refractivity contribution in [3.63, 3.8) is 0 Å². The van der Waals surface area contributed by atoms with Crippen molar-refractivity contribution in [3.8, 4) is 0 Å². The maximum atomic E-state index is 12.3. The number of ether oxygens (including phenoxy) is 1. The molecule has 6 nitrogen and oxygen atoms in total. The van der Waals surface area contributed by atoms with E-state index in [9.17, 15) is 9.59 Å². The Balaban J connectivity index is 2.69. The van der Waals surface area contributed by atoms with Crippen LogP contribution in [0.3, 0.4) is 0 Å². The fourth-order valence-electron chi connectivity index (χ4n) is 1.92. The van der Waals surface area contributed by atoms with E-state index < -0.39 is 5.97 Å². The first-order chi connectivity index (χ1) is 10.1. The second kappa shape index (κ2) is 9.36. The van der Waals surface area contributed by atoms with E-state index in [0.29, 0.717) is 6.61 Å². The first-order valence-corrected chi connectivity index (χ1v) is 7.76. The van der Waals surface area contributed by atoms with E-state index in [2.05, 4.69) is 5.32 Å². The van der Waals surface area contributed by atoms with Gasteiger partial charge in [0.15, 0.2) is 0 Å². The Morgan fingerprint density at radius 2 is 2.29 bits per heavy atom. The van der Waals surface area contributed by atoms with Crippen LogP contribution >= 0.6 is 11.3 Å². The standard InChI is InChI=1S/C14H22N2O4S/c1-3-5-11(12-6-4-9-21-12)15-14(19)16(7-8-20-2)10-13(17)18/h4,6,9,11H,3,5,7-8,10H2,1-2H3,(H,15,19)(H,17,18). The Hall–Kier alpha value is -1.60. The lowest BCUT2D eigenvalue weighted by Crippen LogP contribution is -2.45. The highest BCUT2D eigenvalue weighted by Gasteiger charge is 2.21. The molecule has 0 spiro atoms. The average Bonchev–Trinajstić information content (AvgIpc) is 2.96. The summed E-state index contributed by atoms with van der Waals surface area (Å²) in [4.78, 5) is 25.5.